The Kier molecular flexibility index (Phi) is 9.67. The number of hydrogen-bond acceptors (Lipinski definition) is 3. The molecular weight excluding hydrogens is 532 g/mol. The van der Waals surface area contributed by atoms with Gasteiger partial charge in [0.1, 0.15) is 7.14 Å². The first-order valence-electron chi connectivity index (χ1n) is 14.3. The second kappa shape index (κ2) is 11.8. The standard InChI is InChI=1S/C33H51O3PSi2/c1-26-27(22-23-37(34,29-18-14-12-15-19-29)30-20-16-13-17-21-30)24-28(35-38(8,9)32(2,3)4)25-31(26)36-39(10,11)33(5,6)7/h12-22,28,31H,1,23-25H2,2-11H3/b27-22-/t28-,31+/m0/s1. The zero-order valence-corrected chi connectivity index (χ0v) is 28.9. The van der Waals surface area contributed by atoms with Crippen LogP contribution in [-0.2, 0) is 13.4 Å². The highest BCUT2D eigenvalue weighted by molar-refractivity contribution is 7.78. The van der Waals surface area contributed by atoms with Crippen LogP contribution in [0, 0.1) is 0 Å². The maximum Gasteiger partial charge on any atom is 0.192 e. The zero-order valence-electron chi connectivity index (χ0n) is 26.0. The Bertz CT molecular complexity index is 1160. The molecule has 39 heavy (non-hydrogen) atoms. The van der Waals surface area contributed by atoms with Gasteiger partial charge in [0.2, 0.25) is 0 Å². The van der Waals surface area contributed by atoms with Gasteiger partial charge in [0.05, 0.1) is 12.2 Å². The Morgan fingerprint density at radius 2 is 1.26 bits per heavy atom. The van der Waals surface area contributed by atoms with Gasteiger partial charge in [-0.05, 0) is 53.8 Å². The summed E-state index contributed by atoms with van der Waals surface area (Å²) in [6, 6.07) is 19.8. The molecule has 0 amide bonds. The molecule has 1 aliphatic carbocycles. The van der Waals surface area contributed by atoms with Crippen molar-refractivity contribution in [2.45, 2.75) is 103 Å². The van der Waals surface area contributed by atoms with Crippen molar-refractivity contribution in [3.63, 3.8) is 0 Å². The average molecular weight is 583 g/mol. The van der Waals surface area contributed by atoms with Gasteiger partial charge < -0.3 is 13.4 Å². The van der Waals surface area contributed by atoms with Gasteiger partial charge in [0, 0.05) is 23.2 Å². The van der Waals surface area contributed by atoms with Crippen molar-refractivity contribution in [1.29, 1.82) is 0 Å². The van der Waals surface area contributed by atoms with Gasteiger partial charge in [-0.15, -0.1) is 0 Å². The third kappa shape index (κ3) is 7.43. The van der Waals surface area contributed by atoms with E-state index in [9.17, 15) is 4.57 Å². The van der Waals surface area contributed by atoms with Crippen molar-refractivity contribution < 1.29 is 13.4 Å². The smallest absolute Gasteiger partial charge is 0.192 e. The Balaban J connectivity index is 2.01. The maximum absolute atomic E-state index is 14.7. The van der Waals surface area contributed by atoms with Crippen LogP contribution in [0.25, 0.3) is 0 Å². The molecule has 3 nitrogen and oxygen atoms in total. The summed E-state index contributed by atoms with van der Waals surface area (Å²) in [6.45, 7) is 27.5. The van der Waals surface area contributed by atoms with Gasteiger partial charge in [-0.1, -0.05) is 115 Å². The lowest BCUT2D eigenvalue weighted by molar-refractivity contribution is 0.0969. The van der Waals surface area contributed by atoms with Gasteiger partial charge in [0.25, 0.3) is 0 Å². The fourth-order valence-electron chi connectivity index (χ4n) is 4.53. The van der Waals surface area contributed by atoms with E-state index >= 15 is 0 Å². The van der Waals surface area contributed by atoms with Crippen LogP contribution in [0.15, 0.2) is 84.5 Å². The van der Waals surface area contributed by atoms with Gasteiger partial charge in [0.15, 0.2) is 16.6 Å². The molecule has 0 radical (unpaired) electrons. The minimum Gasteiger partial charge on any atom is -0.413 e. The number of allylic oxidation sites excluding steroid dienone is 1. The predicted octanol–water partition coefficient (Wildman–Crippen LogP) is 9.06. The van der Waals surface area contributed by atoms with Gasteiger partial charge >= 0.3 is 0 Å². The Hall–Kier alpha value is -1.50. The van der Waals surface area contributed by atoms with E-state index in [1.165, 1.54) is 0 Å². The highest BCUT2D eigenvalue weighted by atomic mass is 31.2. The third-order valence-corrected chi connectivity index (χ3v) is 21.2. The van der Waals surface area contributed by atoms with E-state index in [0.717, 1.165) is 34.6 Å². The van der Waals surface area contributed by atoms with E-state index in [1.807, 2.05) is 60.7 Å². The van der Waals surface area contributed by atoms with Crippen molar-refractivity contribution in [2.24, 2.45) is 0 Å². The first-order chi connectivity index (χ1) is 17.9. The first kappa shape index (κ1) is 32.0. The van der Waals surface area contributed by atoms with Gasteiger partial charge in [-0.2, -0.15) is 0 Å². The van der Waals surface area contributed by atoms with Crippen LogP contribution in [0.5, 0.6) is 0 Å². The molecule has 0 spiro atoms. The summed E-state index contributed by atoms with van der Waals surface area (Å²) >= 11 is 0. The minimum absolute atomic E-state index is 0.0604. The summed E-state index contributed by atoms with van der Waals surface area (Å²) in [5, 5.41) is 1.99. The van der Waals surface area contributed by atoms with Crippen molar-refractivity contribution in [3.05, 3.63) is 84.5 Å². The predicted molar refractivity (Wildman–Crippen MR) is 175 cm³/mol. The first-order valence-corrected chi connectivity index (χ1v) is 22.0. The number of hydrogen-bond donors (Lipinski definition) is 0. The molecule has 214 valence electrons. The molecule has 0 bridgehead atoms. The molecule has 0 heterocycles. The van der Waals surface area contributed by atoms with E-state index in [0.29, 0.717) is 6.16 Å². The van der Waals surface area contributed by atoms with Gasteiger partial charge in [-0.25, -0.2) is 0 Å². The van der Waals surface area contributed by atoms with E-state index in [4.69, 9.17) is 8.85 Å². The molecule has 2 aromatic carbocycles. The minimum atomic E-state index is -2.87. The number of benzene rings is 2. The molecule has 1 fully saturated rings. The fraction of sp³-hybridized carbons (Fsp3) is 0.515. The molecular formula is C33H51O3PSi2. The van der Waals surface area contributed by atoms with Crippen molar-refractivity contribution in [2.75, 3.05) is 6.16 Å². The van der Waals surface area contributed by atoms with Crippen LogP contribution >= 0.6 is 7.14 Å². The molecule has 1 saturated carbocycles. The van der Waals surface area contributed by atoms with Gasteiger partial charge in [-0.3, -0.25) is 0 Å². The zero-order chi connectivity index (χ0) is 29.3. The Labute approximate surface area is 240 Å². The summed E-state index contributed by atoms with van der Waals surface area (Å²) in [7, 11) is -6.90. The van der Waals surface area contributed by atoms with Crippen LogP contribution in [-0.4, -0.2) is 35.0 Å². The van der Waals surface area contributed by atoms with E-state index < -0.39 is 23.8 Å². The molecule has 2 aromatic rings. The molecule has 3 rings (SSSR count). The van der Waals surface area contributed by atoms with Crippen LogP contribution in [0.4, 0.5) is 0 Å². The normalized spacial score (nSPS) is 20.9. The lowest BCUT2D eigenvalue weighted by Crippen LogP contribution is -2.49. The van der Waals surface area contributed by atoms with Crippen molar-refractivity contribution in [1.82, 2.24) is 0 Å². The molecule has 1 aliphatic rings. The summed E-state index contributed by atoms with van der Waals surface area (Å²) in [5.41, 5.74) is 2.17. The molecule has 0 aromatic heterocycles. The lowest BCUT2D eigenvalue weighted by atomic mass is 9.86. The molecule has 0 aliphatic heterocycles. The topological polar surface area (TPSA) is 35.5 Å². The Morgan fingerprint density at radius 1 is 0.821 bits per heavy atom. The number of rotatable bonds is 8. The van der Waals surface area contributed by atoms with Crippen LogP contribution in [0.1, 0.15) is 54.4 Å². The van der Waals surface area contributed by atoms with Crippen LogP contribution in [0.3, 0.4) is 0 Å². The Morgan fingerprint density at radius 3 is 1.69 bits per heavy atom. The summed E-state index contributed by atoms with van der Waals surface area (Å²) < 4.78 is 28.7. The molecule has 6 heteroatoms. The quantitative estimate of drug-likeness (QED) is 0.230. The van der Waals surface area contributed by atoms with Crippen molar-refractivity contribution >= 4 is 34.4 Å². The van der Waals surface area contributed by atoms with E-state index in [1.54, 1.807) is 0 Å². The highest BCUT2D eigenvalue weighted by Crippen LogP contribution is 2.47. The average Bonchev–Trinajstić information content (AvgIpc) is 2.84. The fourth-order valence-corrected chi connectivity index (χ4v) is 9.71. The van der Waals surface area contributed by atoms with E-state index in [2.05, 4.69) is 80.4 Å². The second-order valence-corrected chi connectivity index (χ2v) is 26.5. The molecule has 0 saturated heterocycles. The largest absolute Gasteiger partial charge is 0.413 e. The van der Waals surface area contributed by atoms with Crippen LogP contribution < -0.4 is 10.6 Å². The van der Waals surface area contributed by atoms with Crippen LogP contribution in [0.2, 0.25) is 36.3 Å². The molecule has 0 unspecified atom stereocenters. The SMILES string of the molecule is C=C1/C(=C\CP(=O)(c2ccccc2)c2ccccc2)C[C@H](O[Si](C)(C)C(C)(C)C)C[C@H]1O[Si](C)(C)C(C)(C)C. The lowest BCUT2D eigenvalue weighted by Gasteiger charge is -2.45. The van der Waals surface area contributed by atoms with Crippen molar-refractivity contribution in [3.8, 4) is 0 Å². The summed E-state index contributed by atoms with van der Waals surface area (Å²) in [5.74, 6) is 0. The third-order valence-electron chi connectivity index (χ3n) is 9.18. The monoisotopic (exact) mass is 582 g/mol. The maximum atomic E-state index is 14.7. The van der Waals surface area contributed by atoms with E-state index in [-0.39, 0.29) is 22.3 Å². The molecule has 2 atom stereocenters. The second-order valence-electron chi connectivity index (χ2n) is 14.2. The highest BCUT2D eigenvalue weighted by Gasteiger charge is 2.44. The molecule has 0 N–H and O–H groups in total. The summed E-state index contributed by atoms with van der Waals surface area (Å²) in [4.78, 5) is 0. The summed E-state index contributed by atoms with van der Waals surface area (Å²) in [6.07, 6.45) is 4.22.